The molecule has 0 aromatic rings. The van der Waals surface area contributed by atoms with Gasteiger partial charge in [-0.3, -0.25) is 4.99 Å². The molecule has 0 heterocycles. The van der Waals surface area contributed by atoms with Crippen LogP contribution in [0.2, 0.25) is 0 Å². The van der Waals surface area contributed by atoms with E-state index in [9.17, 15) is 5.11 Å². The third kappa shape index (κ3) is 7.00. The average molecular weight is 202 g/mol. The van der Waals surface area contributed by atoms with E-state index in [1.54, 1.807) is 13.8 Å². The molecule has 4 nitrogen and oxygen atoms in total. The van der Waals surface area contributed by atoms with Crippen LogP contribution in [0.15, 0.2) is 4.99 Å². The molecule has 0 spiro atoms. The summed E-state index contributed by atoms with van der Waals surface area (Å²) < 4.78 is 0. The Hall–Kier alpha value is -0.450. The van der Waals surface area contributed by atoms with Gasteiger partial charge in [0.2, 0.25) is 0 Å². The summed E-state index contributed by atoms with van der Waals surface area (Å²) in [6.45, 7) is 6.98. The van der Waals surface area contributed by atoms with E-state index in [2.05, 4.69) is 10.3 Å². The van der Waals surface area contributed by atoms with Gasteiger partial charge in [0.15, 0.2) is 0 Å². The van der Waals surface area contributed by atoms with E-state index in [1.165, 1.54) is 0 Å². The minimum atomic E-state index is -0.755. The second-order valence-corrected chi connectivity index (χ2v) is 3.92. The summed E-state index contributed by atoms with van der Waals surface area (Å²) in [5.74, 6) is 0. The molecule has 0 aliphatic heterocycles. The number of nitrogens with zero attached hydrogens (tertiary/aromatic N) is 1. The molecule has 0 rings (SSSR count). The lowest BCUT2D eigenvalue weighted by molar-refractivity contribution is 0.0591. The van der Waals surface area contributed by atoms with Gasteiger partial charge in [0.1, 0.15) is 0 Å². The molecule has 3 N–H and O–H groups in total. The maximum atomic E-state index is 9.56. The lowest BCUT2D eigenvalue weighted by Gasteiger charge is -2.21. The largest absolute Gasteiger partial charge is 0.395 e. The van der Waals surface area contributed by atoms with Crippen LogP contribution in [0.1, 0.15) is 27.2 Å². The number of aliphatic hydroxyl groups is 2. The van der Waals surface area contributed by atoms with E-state index >= 15 is 0 Å². The smallest absolute Gasteiger partial charge is 0.0811 e. The number of aliphatic hydroxyl groups excluding tert-OH is 1. The highest BCUT2D eigenvalue weighted by Crippen LogP contribution is 2.10. The van der Waals surface area contributed by atoms with Crippen molar-refractivity contribution in [3.05, 3.63) is 0 Å². The molecule has 0 saturated heterocycles. The fourth-order valence-electron chi connectivity index (χ4n) is 0.786. The van der Waals surface area contributed by atoms with Crippen molar-refractivity contribution in [2.75, 3.05) is 19.7 Å². The Balaban J connectivity index is 3.53. The lowest BCUT2D eigenvalue weighted by Crippen LogP contribution is -2.32. The monoisotopic (exact) mass is 202 g/mol. The van der Waals surface area contributed by atoms with Crippen molar-refractivity contribution in [2.45, 2.75) is 38.8 Å². The van der Waals surface area contributed by atoms with Crippen molar-refractivity contribution in [3.63, 3.8) is 0 Å². The Morgan fingerprint density at radius 3 is 2.57 bits per heavy atom. The van der Waals surface area contributed by atoms with Crippen molar-refractivity contribution in [1.29, 1.82) is 0 Å². The molecule has 1 unspecified atom stereocenters. The quantitative estimate of drug-likeness (QED) is 0.408. The second kappa shape index (κ2) is 6.92. The summed E-state index contributed by atoms with van der Waals surface area (Å²) in [7, 11) is 0. The number of hydrogen-bond donors (Lipinski definition) is 3. The number of nitrogens with one attached hydrogen (secondary N) is 1. The van der Waals surface area contributed by atoms with Crippen LogP contribution in [-0.2, 0) is 0 Å². The highest BCUT2D eigenvalue weighted by Gasteiger charge is 2.20. The highest BCUT2D eigenvalue weighted by atomic mass is 16.3. The lowest BCUT2D eigenvalue weighted by atomic mass is 10.0. The maximum Gasteiger partial charge on any atom is 0.0811 e. The molecular weight excluding hydrogens is 180 g/mol. The van der Waals surface area contributed by atoms with E-state index in [0.29, 0.717) is 6.54 Å². The van der Waals surface area contributed by atoms with E-state index in [1.807, 2.05) is 13.1 Å². The molecule has 0 fully saturated rings. The van der Waals surface area contributed by atoms with Gasteiger partial charge in [-0.15, -0.1) is 0 Å². The summed E-state index contributed by atoms with van der Waals surface area (Å²) in [4.78, 5) is 4.22. The molecule has 0 aliphatic carbocycles. The van der Waals surface area contributed by atoms with Crippen LogP contribution in [0.3, 0.4) is 0 Å². The number of hydrogen-bond acceptors (Lipinski definition) is 4. The fraction of sp³-hybridized carbons (Fsp3) is 0.900. The van der Waals surface area contributed by atoms with Gasteiger partial charge in [0.25, 0.3) is 0 Å². The first kappa shape index (κ1) is 13.5. The van der Waals surface area contributed by atoms with Gasteiger partial charge in [-0.2, -0.15) is 0 Å². The van der Waals surface area contributed by atoms with Crippen molar-refractivity contribution in [2.24, 2.45) is 4.99 Å². The molecule has 0 aromatic heterocycles. The molecule has 0 radical (unpaired) electrons. The van der Waals surface area contributed by atoms with Gasteiger partial charge in [-0.25, -0.2) is 0 Å². The molecule has 0 saturated carbocycles. The molecule has 14 heavy (non-hydrogen) atoms. The number of rotatable bonds is 7. The van der Waals surface area contributed by atoms with Crippen LogP contribution in [0.5, 0.6) is 0 Å². The number of aliphatic imine (C=N–C) groups is 1. The zero-order valence-electron chi connectivity index (χ0n) is 9.32. The standard InChI is InChI=1S/C10H22N2O2/c1-9(10(2,3)14)12-6-4-5-11-7-8-13/h6,9,11,13-14H,4-5,7-8H2,1-3H3. The average Bonchev–Trinajstić information content (AvgIpc) is 2.09. The summed E-state index contributed by atoms with van der Waals surface area (Å²) in [5, 5.41) is 21.1. The molecule has 0 bridgehead atoms. The Morgan fingerprint density at radius 2 is 2.07 bits per heavy atom. The predicted molar refractivity (Wildman–Crippen MR) is 58.8 cm³/mol. The summed E-state index contributed by atoms with van der Waals surface area (Å²) in [6.07, 6.45) is 2.63. The Labute approximate surface area is 86.1 Å². The van der Waals surface area contributed by atoms with Crippen LogP contribution >= 0.6 is 0 Å². The van der Waals surface area contributed by atoms with Crippen molar-refractivity contribution >= 4 is 6.21 Å². The van der Waals surface area contributed by atoms with Gasteiger partial charge >= 0.3 is 0 Å². The van der Waals surface area contributed by atoms with E-state index in [0.717, 1.165) is 13.0 Å². The molecule has 0 aromatic carbocycles. The summed E-state index contributed by atoms with van der Waals surface area (Å²) in [6, 6.07) is -0.0830. The second-order valence-electron chi connectivity index (χ2n) is 3.92. The topological polar surface area (TPSA) is 64.9 Å². The molecule has 1 atom stereocenters. The van der Waals surface area contributed by atoms with Crippen LogP contribution < -0.4 is 5.32 Å². The molecule has 4 heteroatoms. The fourth-order valence-corrected chi connectivity index (χ4v) is 0.786. The van der Waals surface area contributed by atoms with Gasteiger partial charge in [-0.1, -0.05) is 0 Å². The van der Waals surface area contributed by atoms with Gasteiger partial charge in [0, 0.05) is 19.3 Å². The van der Waals surface area contributed by atoms with Gasteiger partial charge < -0.3 is 15.5 Å². The van der Waals surface area contributed by atoms with E-state index < -0.39 is 5.60 Å². The third-order valence-corrected chi connectivity index (χ3v) is 2.09. The van der Waals surface area contributed by atoms with E-state index in [-0.39, 0.29) is 12.6 Å². The van der Waals surface area contributed by atoms with Crippen LogP contribution in [-0.4, -0.2) is 47.8 Å². The first-order valence-corrected chi connectivity index (χ1v) is 5.04. The molecule has 84 valence electrons. The van der Waals surface area contributed by atoms with Crippen molar-refractivity contribution < 1.29 is 10.2 Å². The Morgan fingerprint density at radius 1 is 1.43 bits per heavy atom. The molecule has 0 aliphatic rings. The molecule has 0 amide bonds. The SMILES string of the molecule is CC(N=CCCNCCO)C(C)(C)O. The van der Waals surface area contributed by atoms with E-state index in [4.69, 9.17) is 5.11 Å². The first-order valence-electron chi connectivity index (χ1n) is 5.04. The maximum absolute atomic E-state index is 9.56. The summed E-state index contributed by atoms with van der Waals surface area (Å²) >= 11 is 0. The first-order chi connectivity index (χ1) is 6.48. The van der Waals surface area contributed by atoms with Crippen molar-refractivity contribution in [1.82, 2.24) is 5.32 Å². The zero-order chi connectivity index (χ0) is 11.0. The van der Waals surface area contributed by atoms with Crippen LogP contribution in [0, 0.1) is 0 Å². The summed E-state index contributed by atoms with van der Waals surface area (Å²) in [5.41, 5.74) is -0.755. The van der Waals surface area contributed by atoms with Crippen LogP contribution in [0.25, 0.3) is 0 Å². The van der Waals surface area contributed by atoms with Gasteiger partial charge in [0.05, 0.1) is 18.2 Å². The highest BCUT2D eigenvalue weighted by molar-refractivity contribution is 5.57. The zero-order valence-corrected chi connectivity index (χ0v) is 9.32. The Kier molecular flexibility index (Phi) is 6.70. The van der Waals surface area contributed by atoms with Crippen LogP contribution in [0.4, 0.5) is 0 Å². The Bertz CT molecular complexity index is 164. The van der Waals surface area contributed by atoms with Crippen molar-refractivity contribution in [3.8, 4) is 0 Å². The minimum Gasteiger partial charge on any atom is -0.395 e. The van der Waals surface area contributed by atoms with Gasteiger partial charge in [-0.05, 0) is 27.2 Å². The normalized spacial score (nSPS) is 14.9. The minimum absolute atomic E-state index is 0.0830. The third-order valence-electron chi connectivity index (χ3n) is 2.09. The molecular formula is C10H22N2O2. The predicted octanol–water partition coefficient (Wildman–Crippen LogP) is 0.189.